The van der Waals surface area contributed by atoms with E-state index < -0.39 is 10.0 Å². The fourth-order valence-electron chi connectivity index (χ4n) is 5.81. The Hall–Kier alpha value is -1.17. The summed E-state index contributed by atoms with van der Waals surface area (Å²) in [7, 11) is -1.34. The third-order valence-corrected chi connectivity index (χ3v) is 9.03. The van der Waals surface area contributed by atoms with Crippen LogP contribution in [-0.4, -0.2) is 49.3 Å². The summed E-state index contributed by atoms with van der Waals surface area (Å²) < 4.78 is 28.7. The van der Waals surface area contributed by atoms with Gasteiger partial charge in [0.05, 0.1) is 4.90 Å². The second kappa shape index (κ2) is 5.66. The maximum atomic E-state index is 13.5. The minimum absolute atomic E-state index is 0.0289. The number of likely N-dealkylation sites (N-methyl/N-ethyl adjacent to an activating group) is 1. The van der Waals surface area contributed by atoms with Crippen LogP contribution in [0.2, 0.25) is 0 Å². The van der Waals surface area contributed by atoms with Crippen LogP contribution in [0.1, 0.15) is 25.3 Å². The topological polar surface area (TPSA) is 40.6 Å². The average molecular weight is 361 g/mol. The Bertz CT molecular complexity index is 788. The first-order valence-corrected chi connectivity index (χ1v) is 10.7. The van der Waals surface area contributed by atoms with Gasteiger partial charge < -0.3 is 0 Å². The molecule has 0 spiro atoms. The van der Waals surface area contributed by atoms with Gasteiger partial charge in [-0.2, -0.15) is 4.31 Å². The van der Waals surface area contributed by atoms with Crippen LogP contribution in [0.5, 0.6) is 0 Å². The summed E-state index contributed by atoms with van der Waals surface area (Å²) in [6.45, 7) is 9.99. The van der Waals surface area contributed by atoms with Crippen LogP contribution in [0.3, 0.4) is 0 Å². The van der Waals surface area contributed by atoms with Gasteiger partial charge in [0.25, 0.3) is 0 Å². The van der Waals surface area contributed by atoms with Gasteiger partial charge in [-0.15, -0.1) is 6.58 Å². The van der Waals surface area contributed by atoms with Crippen LogP contribution < -0.4 is 0 Å². The minimum Gasteiger partial charge on any atom is -0.299 e. The first-order chi connectivity index (χ1) is 11.8. The predicted molar refractivity (Wildman–Crippen MR) is 99.8 cm³/mol. The lowest BCUT2D eigenvalue weighted by Gasteiger charge is -2.57. The molecule has 4 rings (SSSR count). The molecule has 4 nitrogen and oxygen atoms in total. The van der Waals surface area contributed by atoms with Crippen LogP contribution >= 0.6 is 0 Å². The Labute approximate surface area is 151 Å². The molecule has 2 heterocycles. The maximum Gasteiger partial charge on any atom is 0.243 e. The van der Waals surface area contributed by atoms with Gasteiger partial charge in [0.2, 0.25) is 10.0 Å². The zero-order valence-electron chi connectivity index (χ0n) is 15.4. The summed E-state index contributed by atoms with van der Waals surface area (Å²) >= 11 is 0. The second-order valence-corrected chi connectivity index (χ2v) is 10.2. The lowest BCUT2D eigenvalue weighted by atomic mass is 9.61. The summed E-state index contributed by atoms with van der Waals surface area (Å²) in [6, 6.07) is 7.22. The van der Waals surface area contributed by atoms with E-state index in [1.165, 1.54) is 0 Å². The van der Waals surface area contributed by atoms with Gasteiger partial charge >= 0.3 is 0 Å². The number of nitrogens with zero attached hydrogens (tertiary/aromatic N) is 2. The van der Waals surface area contributed by atoms with Crippen molar-refractivity contribution in [3.8, 4) is 0 Å². The number of hydrogen-bond donors (Lipinski definition) is 0. The Morgan fingerprint density at radius 1 is 1.28 bits per heavy atom. The molecule has 136 valence electrons. The van der Waals surface area contributed by atoms with Crippen molar-refractivity contribution >= 4 is 10.0 Å². The third kappa shape index (κ3) is 2.29. The average Bonchev–Trinajstić information content (AvgIpc) is 2.74. The number of benzene rings is 1. The van der Waals surface area contributed by atoms with Crippen LogP contribution in [0.25, 0.3) is 0 Å². The molecule has 5 heteroatoms. The van der Waals surface area contributed by atoms with E-state index >= 15 is 0 Å². The quantitative estimate of drug-likeness (QED) is 0.778. The molecule has 3 fully saturated rings. The van der Waals surface area contributed by atoms with Crippen molar-refractivity contribution in [2.75, 3.05) is 20.1 Å². The van der Waals surface area contributed by atoms with Crippen LogP contribution in [-0.2, 0) is 10.0 Å². The number of likely N-dealkylation sites (tertiary alicyclic amines) is 1. The van der Waals surface area contributed by atoms with E-state index in [0.29, 0.717) is 23.3 Å². The van der Waals surface area contributed by atoms with Crippen LogP contribution in [0, 0.1) is 24.7 Å². The molecule has 2 saturated heterocycles. The summed E-state index contributed by atoms with van der Waals surface area (Å²) in [5.41, 5.74) is 0.974. The van der Waals surface area contributed by atoms with Gasteiger partial charge in [-0.25, -0.2) is 8.42 Å². The molecule has 1 aliphatic carbocycles. The SMILES string of the molecule is C=C[C@H]1C[C@H]2CN(C)[C@@]3(C)[C@@H]2CCN(S(=O)(=O)c2ccc(C)cc2)[C@@H]13. The van der Waals surface area contributed by atoms with Crippen molar-refractivity contribution in [3.05, 3.63) is 42.5 Å². The summed E-state index contributed by atoms with van der Waals surface area (Å²) in [6.07, 6.45) is 4.00. The highest BCUT2D eigenvalue weighted by Gasteiger charge is 2.63. The standard InChI is InChI=1S/C20H28N2O2S/c1-5-15-12-16-13-21(4)20(3)18(16)10-11-22(19(15)20)25(23,24)17-8-6-14(2)7-9-17/h5-9,15-16,18-19H,1,10-13H2,2-4H3/t15-,16-,18+,19-,20-/m0/s1. The normalized spacial score (nSPS) is 38.7. The Morgan fingerprint density at radius 3 is 2.60 bits per heavy atom. The van der Waals surface area contributed by atoms with E-state index in [1.54, 1.807) is 16.4 Å². The minimum atomic E-state index is -3.50. The van der Waals surface area contributed by atoms with Gasteiger partial charge in [-0.3, -0.25) is 4.90 Å². The molecule has 0 aromatic heterocycles. The number of hydrogen-bond acceptors (Lipinski definition) is 3. The number of sulfonamides is 1. The Balaban J connectivity index is 1.80. The second-order valence-electron chi connectivity index (χ2n) is 8.27. The largest absolute Gasteiger partial charge is 0.299 e. The molecule has 2 aliphatic heterocycles. The van der Waals surface area contributed by atoms with Crippen LogP contribution in [0.4, 0.5) is 0 Å². The molecular weight excluding hydrogens is 332 g/mol. The van der Waals surface area contributed by atoms with Crippen molar-refractivity contribution in [1.29, 1.82) is 0 Å². The molecule has 4 bridgehead atoms. The van der Waals surface area contributed by atoms with Crippen molar-refractivity contribution < 1.29 is 8.42 Å². The van der Waals surface area contributed by atoms with Gasteiger partial charge in [-0.1, -0.05) is 23.8 Å². The maximum absolute atomic E-state index is 13.5. The number of rotatable bonds is 3. The van der Waals surface area contributed by atoms with E-state index in [-0.39, 0.29) is 17.5 Å². The smallest absolute Gasteiger partial charge is 0.243 e. The first kappa shape index (κ1) is 17.3. The van der Waals surface area contributed by atoms with E-state index in [2.05, 4.69) is 25.5 Å². The fraction of sp³-hybridized carbons (Fsp3) is 0.600. The third-order valence-electron chi connectivity index (χ3n) is 7.13. The Morgan fingerprint density at radius 2 is 1.96 bits per heavy atom. The van der Waals surface area contributed by atoms with E-state index in [9.17, 15) is 8.42 Å². The van der Waals surface area contributed by atoms with E-state index in [1.807, 2.05) is 25.1 Å². The fourth-order valence-corrected chi connectivity index (χ4v) is 7.58. The lowest BCUT2D eigenvalue weighted by molar-refractivity contribution is -0.0273. The summed E-state index contributed by atoms with van der Waals surface area (Å²) in [5, 5.41) is 0. The molecule has 5 atom stereocenters. The zero-order valence-corrected chi connectivity index (χ0v) is 16.2. The van der Waals surface area contributed by atoms with Gasteiger partial charge in [-0.05, 0) is 63.6 Å². The highest BCUT2D eigenvalue weighted by Crippen LogP contribution is 2.56. The predicted octanol–water partition coefficient (Wildman–Crippen LogP) is 2.90. The van der Waals surface area contributed by atoms with E-state index in [4.69, 9.17) is 0 Å². The van der Waals surface area contributed by atoms with Crippen LogP contribution in [0.15, 0.2) is 41.8 Å². The highest BCUT2D eigenvalue weighted by atomic mass is 32.2. The van der Waals surface area contributed by atoms with Gasteiger partial charge in [0.1, 0.15) is 0 Å². The monoisotopic (exact) mass is 360 g/mol. The lowest BCUT2D eigenvalue weighted by Crippen LogP contribution is -2.68. The summed E-state index contributed by atoms with van der Waals surface area (Å²) in [4.78, 5) is 2.82. The van der Waals surface area contributed by atoms with Gasteiger partial charge in [0.15, 0.2) is 0 Å². The van der Waals surface area contributed by atoms with Crippen molar-refractivity contribution in [3.63, 3.8) is 0 Å². The summed E-state index contributed by atoms with van der Waals surface area (Å²) in [5.74, 6) is 1.47. The highest BCUT2D eigenvalue weighted by molar-refractivity contribution is 7.89. The Kier molecular flexibility index (Phi) is 3.91. The number of piperidine rings is 1. The molecule has 0 N–H and O–H groups in total. The zero-order chi connectivity index (χ0) is 18.0. The molecule has 0 amide bonds. The number of aryl methyl sites for hydroxylation is 1. The molecule has 1 aromatic rings. The van der Waals surface area contributed by atoms with E-state index in [0.717, 1.165) is 24.9 Å². The molecule has 1 saturated carbocycles. The molecule has 3 aliphatic rings. The van der Waals surface area contributed by atoms with Crippen molar-refractivity contribution in [1.82, 2.24) is 9.21 Å². The molecule has 25 heavy (non-hydrogen) atoms. The molecular formula is C20H28N2O2S. The van der Waals surface area contributed by atoms with Crippen molar-refractivity contribution in [2.24, 2.45) is 17.8 Å². The van der Waals surface area contributed by atoms with Gasteiger partial charge in [0, 0.05) is 24.7 Å². The molecule has 0 unspecified atom stereocenters. The molecule has 0 radical (unpaired) electrons. The first-order valence-electron chi connectivity index (χ1n) is 9.22. The van der Waals surface area contributed by atoms with Crippen molar-refractivity contribution in [2.45, 2.75) is 43.2 Å². The molecule has 1 aromatic carbocycles.